The maximum atomic E-state index is 16.0. The molecular weight excluding hydrogens is 710 g/mol. The Morgan fingerprint density at radius 2 is 1.89 bits per heavy atom. The fourth-order valence-electron chi connectivity index (χ4n) is 6.09. The predicted octanol–water partition coefficient (Wildman–Crippen LogP) is 6.59. The van der Waals surface area contributed by atoms with Gasteiger partial charge in [-0.3, -0.25) is 24.8 Å². The average Bonchev–Trinajstić information content (AvgIpc) is 3.53. The third kappa shape index (κ3) is 7.84. The Bertz CT molecular complexity index is 1630. The lowest BCUT2D eigenvalue weighted by atomic mass is 9.77. The highest BCUT2D eigenvalue weighted by Gasteiger charge is 2.40. The monoisotopic (exact) mass is 748 g/mol. The summed E-state index contributed by atoms with van der Waals surface area (Å²) in [6.45, 7) is 7.47. The molecule has 2 fully saturated rings. The first-order chi connectivity index (χ1) is 21.7. The molecule has 3 atom stereocenters. The molecule has 2 aliphatic rings. The maximum absolute atomic E-state index is 16.0. The van der Waals surface area contributed by atoms with Crippen molar-refractivity contribution in [3.63, 3.8) is 0 Å². The van der Waals surface area contributed by atoms with E-state index in [1.54, 1.807) is 37.4 Å². The van der Waals surface area contributed by atoms with Crippen molar-refractivity contribution in [3.8, 4) is 17.2 Å². The SMILES string of the molecule is CC.COc1cc(-c2ccc(CN3CCC(c4ccc5ncc(C6CCC(=O)NC6=O)cc5c4F)C(C)(O)C3)cc2)no1.SI. The maximum Gasteiger partial charge on any atom is 0.311 e. The average molecular weight is 749 g/mol. The number of pyridine rings is 1. The molecule has 2 saturated heterocycles. The summed E-state index contributed by atoms with van der Waals surface area (Å²) in [6.07, 6.45) is 2.75. The van der Waals surface area contributed by atoms with Gasteiger partial charge >= 0.3 is 5.95 Å². The van der Waals surface area contributed by atoms with Crippen molar-refractivity contribution in [1.29, 1.82) is 0 Å². The molecule has 0 radical (unpaired) electrons. The Labute approximate surface area is 279 Å². The number of β-amino-alcohol motifs (C(OH)–C–C–N with tert-alkyl or cyclic N) is 1. The van der Waals surface area contributed by atoms with Crippen LogP contribution in [0.15, 0.2) is 59.3 Å². The molecule has 2 aromatic heterocycles. The zero-order valence-corrected chi connectivity index (χ0v) is 28.8. The number of piperidine rings is 2. The van der Waals surface area contributed by atoms with Gasteiger partial charge < -0.3 is 14.4 Å². The van der Waals surface area contributed by atoms with Crippen molar-refractivity contribution in [2.45, 2.75) is 64.0 Å². The summed E-state index contributed by atoms with van der Waals surface area (Å²) in [5.41, 5.74) is 3.01. The van der Waals surface area contributed by atoms with Gasteiger partial charge in [-0.15, -0.1) is 9.80 Å². The number of aromatic nitrogens is 2. The molecule has 12 heteroatoms. The third-order valence-corrected chi connectivity index (χ3v) is 8.24. The minimum Gasteiger partial charge on any atom is -0.467 e. The summed E-state index contributed by atoms with van der Waals surface area (Å²) >= 11 is 1.84. The molecule has 240 valence electrons. The number of nitrogens with one attached hydrogen (secondary N) is 1. The zero-order chi connectivity index (χ0) is 32.7. The van der Waals surface area contributed by atoms with Crippen LogP contribution < -0.4 is 10.1 Å². The van der Waals surface area contributed by atoms with E-state index in [0.29, 0.717) is 66.1 Å². The number of likely N-dealkylation sites (tertiary alicyclic amines) is 1. The van der Waals surface area contributed by atoms with E-state index in [1.807, 2.05) is 59.3 Å². The van der Waals surface area contributed by atoms with Gasteiger partial charge in [-0.25, -0.2) is 4.39 Å². The van der Waals surface area contributed by atoms with E-state index < -0.39 is 23.3 Å². The second-order valence-corrected chi connectivity index (χ2v) is 11.1. The Hall–Kier alpha value is -3.07. The van der Waals surface area contributed by atoms with Gasteiger partial charge in [-0.05, 0) is 76.3 Å². The van der Waals surface area contributed by atoms with Crippen molar-refractivity contribution in [2.75, 3.05) is 20.2 Å². The summed E-state index contributed by atoms with van der Waals surface area (Å²) in [5, 5.41) is 18.2. The Kier molecular flexibility index (Phi) is 12.0. The molecule has 2 N–H and O–H groups in total. The number of aliphatic hydroxyl groups is 1. The van der Waals surface area contributed by atoms with Crippen LogP contribution in [-0.2, 0) is 16.1 Å². The quantitative estimate of drug-likeness (QED) is 0.115. The highest BCUT2D eigenvalue weighted by molar-refractivity contribution is 14.2. The Balaban J connectivity index is 0.00000111. The fraction of sp³-hybridized carbons (Fsp3) is 0.394. The number of methoxy groups -OCH3 is 1. The number of carbonyl (C=O) groups excluding carboxylic acids is 2. The Morgan fingerprint density at radius 3 is 2.53 bits per heavy atom. The first-order valence-corrected chi connectivity index (χ1v) is 18.1. The van der Waals surface area contributed by atoms with Gasteiger partial charge in [-0.1, -0.05) is 49.3 Å². The molecule has 0 bridgehead atoms. The van der Waals surface area contributed by atoms with Crippen LogP contribution in [0.3, 0.4) is 0 Å². The summed E-state index contributed by atoms with van der Waals surface area (Å²) in [4.78, 5) is 30.5. The van der Waals surface area contributed by atoms with Crippen LogP contribution in [0.2, 0.25) is 0 Å². The van der Waals surface area contributed by atoms with Crippen LogP contribution in [0.1, 0.15) is 68.6 Å². The van der Waals surface area contributed by atoms with Crippen LogP contribution in [0, 0.1) is 5.82 Å². The van der Waals surface area contributed by atoms with E-state index in [9.17, 15) is 14.7 Å². The van der Waals surface area contributed by atoms with E-state index in [0.717, 1.165) is 11.1 Å². The number of imide groups is 1. The van der Waals surface area contributed by atoms with Crippen molar-refractivity contribution in [3.05, 3.63) is 77.2 Å². The summed E-state index contributed by atoms with van der Waals surface area (Å²) in [5.74, 6) is -1.72. The number of benzene rings is 2. The topological polar surface area (TPSA) is 118 Å². The van der Waals surface area contributed by atoms with Crippen LogP contribution in [-0.4, -0.2) is 57.8 Å². The Morgan fingerprint density at radius 1 is 1.16 bits per heavy atom. The van der Waals surface area contributed by atoms with Crippen molar-refractivity contribution >= 4 is 53.7 Å². The van der Waals surface area contributed by atoms with E-state index in [2.05, 4.69) is 30.2 Å². The van der Waals surface area contributed by atoms with Crippen LogP contribution >= 0.6 is 31.0 Å². The minimum atomic E-state index is -1.17. The molecular formula is C33H38FIN4O5S. The van der Waals surface area contributed by atoms with E-state index in [1.165, 1.54) is 7.11 Å². The van der Waals surface area contributed by atoms with Crippen molar-refractivity contribution < 1.29 is 28.3 Å². The van der Waals surface area contributed by atoms with Crippen LogP contribution in [0.4, 0.5) is 4.39 Å². The highest BCUT2D eigenvalue weighted by atomic mass is 127. The first kappa shape index (κ1) is 34.8. The van der Waals surface area contributed by atoms with Gasteiger partial charge in [0.05, 0.1) is 30.2 Å². The fourth-order valence-corrected chi connectivity index (χ4v) is 6.09. The molecule has 6 rings (SSSR count). The van der Waals surface area contributed by atoms with Crippen molar-refractivity contribution in [2.24, 2.45) is 0 Å². The van der Waals surface area contributed by atoms with Gasteiger partial charge in [-0.2, -0.15) is 0 Å². The number of fused-ring (bicyclic) bond motifs is 1. The molecule has 2 amide bonds. The molecule has 4 heterocycles. The van der Waals surface area contributed by atoms with Crippen molar-refractivity contribution in [1.82, 2.24) is 20.4 Å². The number of hydrogen-bond acceptors (Lipinski definition) is 9. The van der Waals surface area contributed by atoms with E-state index in [4.69, 9.17) is 9.26 Å². The highest BCUT2D eigenvalue weighted by Crippen LogP contribution is 2.40. The zero-order valence-electron chi connectivity index (χ0n) is 25.7. The number of amides is 2. The molecule has 0 spiro atoms. The third-order valence-electron chi connectivity index (χ3n) is 8.24. The van der Waals surface area contributed by atoms with Gasteiger partial charge in [0.15, 0.2) is 0 Å². The number of thiol groups is 1. The van der Waals surface area contributed by atoms with E-state index >= 15 is 4.39 Å². The largest absolute Gasteiger partial charge is 0.467 e. The van der Waals surface area contributed by atoms with Crippen LogP contribution in [0.25, 0.3) is 22.2 Å². The predicted molar refractivity (Wildman–Crippen MR) is 183 cm³/mol. The molecule has 0 aliphatic carbocycles. The number of hydrogen-bond donors (Lipinski definition) is 3. The summed E-state index contributed by atoms with van der Waals surface area (Å²) in [7, 11) is 5.02. The standard InChI is InChI=1S/C31H31FN4O5.C2H6.HIS/c1-31(39)17-36(16-18-3-5-19(6-4-18)26-14-28(40-2)41-35-26)12-11-24(31)22-7-9-25-23(29(22)32)13-20(15-33-25)21-8-10-27(37)34-30(21)38;2*1-2/h3-7,9,13-15,21,24,39H,8,10-12,16-17H2,1-2H3,(H,34,37,38);1-2H3;2H. The molecule has 45 heavy (non-hydrogen) atoms. The summed E-state index contributed by atoms with van der Waals surface area (Å²) in [6, 6.07) is 14.8. The second-order valence-electron chi connectivity index (χ2n) is 11.1. The van der Waals surface area contributed by atoms with Gasteiger partial charge in [0.25, 0.3) is 0 Å². The molecule has 3 unspecified atom stereocenters. The molecule has 2 aromatic carbocycles. The van der Waals surface area contributed by atoms with Gasteiger partial charge in [0.2, 0.25) is 11.8 Å². The van der Waals surface area contributed by atoms with Gasteiger partial charge in [0.1, 0.15) is 11.5 Å². The number of halogens is 2. The van der Waals surface area contributed by atoms with Gasteiger partial charge in [0, 0.05) is 42.6 Å². The second kappa shape index (κ2) is 15.5. The van der Waals surface area contributed by atoms with E-state index in [-0.39, 0.29) is 18.2 Å². The number of rotatable bonds is 6. The number of ether oxygens (including phenoxy) is 1. The smallest absolute Gasteiger partial charge is 0.311 e. The lowest BCUT2D eigenvalue weighted by Crippen LogP contribution is -2.50. The first-order valence-electron chi connectivity index (χ1n) is 14.9. The number of carbonyl (C=O) groups is 2. The normalized spacial score (nSPS) is 21.7. The molecule has 9 nitrogen and oxygen atoms in total. The lowest BCUT2D eigenvalue weighted by Gasteiger charge is -2.43. The minimum absolute atomic E-state index is 0.235. The molecule has 0 saturated carbocycles. The molecule has 2 aliphatic heterocycles. The summed E-state index contributed by atoms with van der Waals surface area (Å²) < 4.78 is 26.2. The number of nitrogens with zero attached hydrogens (tertiary/aromatic N) is 3. The molecule has 4 aromatic rings. The van der Waals surface area contributed by atoms with Crippen LogP contribution in [0.5, 0.6) is 5.95 Å². The lowest BCUT2D eigenvalue weighted by molar-refractivity contribution is -0.134.